The summed E-state index contributed by atoms with van der Waals surface area (Å²) in [5.41, 5.74) is 0.478. The summed E-state index contributed by atoms with van der Waals surface area (Å²) < 4.78 is 54.1. The molecule has 0 bridgehead atoms. The van der Waals surface area contributed by atoms with Gasteiger partial charge in [-0.3, -0.25) is 4.98 Å². The number of sulfonamides is 1. The lowest BCUT2D eigenvalue weighted by atomic mass is 9.81. The number of aromatic nitrogens is 3. The van der Waals surface area contributed by atoms with Crippen LogP contribution in [-0.4, -0.2) is 29.5 Å². The maximum absolute atomic E-state index is 13.0. The molecule has 0 aromatic carbocycles. The summed E-state index contributed by atoms with van der Waals surface area (Å²) in [5.74, 6) is -2.41. The molecule has 0 aliphatic heterocycles. The summed E-state index contributed by atoms with van der Waals surface area (Å²) in [6.07, 6.45) is 0.728. The first-order valence-electron chi connectivity index (χ1n) is 8.19. The predicted molar refractivity (Wildman–Crippen MR) is 86.1 cm³/mol. The van der Waals surface area contributed by atoms with E-state index >= 15 is 0 Å². The molecule has 2 unspecified atom stereocenters. The van der Waals surface area contributed by atoms with Crippen molar-refractivity contribution in [2.24, 2.45) is 10.6 Å². The minimum Gasteiger partial charge on any atom is -0.339 e. The van der Waals surface area contributed by atoms with Crippen LogP contribution in [0.25, 0.3) is 0 Å². The Balaban J connectivity index is 1.54. The molecule has 0 radical (unpaired) electrons. The molecule has 4 rings (SSSR count). The van der Waals surface area contributed by atoms with Crippen LogP contribution in [0, 0.1) is 5.41 Å². The van der Waals surface area contributed by atoms with Crippen LogP contribution >= 0.6 is 0 Å². The smallest absolute Gasteiger partial charge is 0.249 e. The fourth-order valence-electron chi connectivity index (χ4n) is 3.78. The minimum atomic E-state index is -3.80. The van der Waals surface area contributed by atoms with Gasteiger partial charge < -0.3 is 4.52 Å². The van der Waals surface area contributed by atoms with Gasteiger partial charge in [0.2, 0.25) is 21.8 Å². The number of pyridine rings is 1. The zero-order chi connectivity index (χ0) is 18.9. The van der Waals surface area contributed by atoms with Crippen LogP contribution in [0.3, 0.4) is 0 Å². The number of hydrogen-bond acceptors (Lipinski definition) is 6. The molecule has 10 heteroatoms. The summed E-state index contributed by atoms with van der Waals surface area (Å²) >= 11 is 0. The van der Waals surface area contributed by atoms with E-state index in [0.717, 1.165) is 0 Å². The number of nitrogens with two attached hydrogens (primary N) is 1. The lowest BCUT2D eigenvalue weighted by Gasteiger charge is -2.32. The average Bonchev–Trinajstić information content (AvgIpc) is 2.87. The SMILES string of the molecule is CC1(C)C(c2ccc(S(N)(=O)=O)cn2)C1c1nc(C2CC(F)(F)C2)no1. The molecule has 2 aromatic rings. The molecule has 2 N–H and O–H groups in total. The van der Waals surface area contributed by atoms with Gasteiger partial charge in [-0.1, -0.05) is 19.0 Å². The second-order valence-electron chi connectivity index (χ2n) is 7.69. The average molecular weight is 384 g/mol. The first kappa shape index (κ1) is 17.5. The highest BCUT2D eigenvalue weighted by atomic mass is 32.2. The van der Waals surface area contributed by atoms with Gasteiger partial charge in [0.25, 0.3) is 0 Å². The third-order valence-corrected chi connectivity index (χ3v) is 6.31. The molecule has 140 valence electrons. The summed E-state index contributed by atoms with van der Waals surface area (Å²) in [7, 11) is -3.80. The molecule has 2 aromatic heterocycles. The van der Waals surface area contributed by atoms with Crippen molar-refractivity contribution in [3.63, 3.8) is 0 Å². The normalized spacial score (nSPS) is 27.1. The van der Waals surface area contributed by atoms with Crippen molar-refractivity contribution in [2.45, 2.75) is 55.3 Å². The van der Waals surface area contributed by atoms with E-state index in [1.54, 1.807) is 6.07 Å². The topological polar surface area (TPSA) is 112 Å². The van der Waals surface area contributed by atoms with Gasteiger partial charge in [0.1, 0.15) is 4.90 Å². The second-order valence-corrected chi connectivity index (χ2v) is 9.25. The molecule has 7 nitrogen and oxygen atoms in total. The summed E-state index contributed by atoms with van der Waals surface area (Å²) in [4.78, 5) is 8.50. The Morgan fingerprint density at radius 1 is 1.23 bits per heavy atom. The van der Waals surface area contributed by atoms with Gasteiger partial charge in [0.15, 0.2) is 5.82 Å². The molecular formula is C16H18F2N4O3S. The maximum Gasteiger partial charge on any atom is 0.249 e. The van der Waals surface area contributed by atoms with Crippen LogP contribution in [0.15, 0.2) is 27.7 Å². The summed E-state index contributed by atoms with van der Waals surface area (Å²) in [6.45, 7) is 4.03. The lowest BCUT2D eigenvalue weighted by Crippen LogP contribution is -2.34. The lowest BCUT2D eigenvalue weighted by molar-refractivity contribution is -0.0888. The van der Waals surface area contributed by atoms with E-state index in [-0.39, 0.29) is 40.9 Å². The fourth-order valence-corrected chi connectivity index (χ4v) is 4.24. The van der Waals surface area contributed by atoms with Crippen LogP contribution in [0.4, 0.5) is 8.78 Å². The molecule has 0 spiro atoms. The molecule has 2 atom stereocenters. The number of alkyl halides is 2. The number of rotatable bonds is 4. The zero-order valence-electron chi connectivity index (χ0n) is 14.2. The molecular weight excluding hydrogens is 366 g/mol. The van der Waals surface area contributed by atoms with Crippen LogP contribution in [-0.2, 0) is 10.0 Å². The third kappa shape index (κ3) is 2.81. The molecule has 2 saturated carbocycles. The summed E-state index contributed by atoms with van der Waals surface area (Å²) in [5, 5.41) is 8.95. The Kier molecular flexibility index (Phi) is 3.55. The Hall–Kier alpha value is -1.94. The number of hydrogen-bond donors (Lipinski definition) is 1. The third-order valence-electron chi connectivity index (χ3n) is 5.41. The van der Waals surface area contributed by atoms with Crippen molar-refractivity contribution < 1.29 is 21.7 Å². The van der Waals surface area contributed by atoms with Crippen LogP contribution in [0.2, 0.25) is 0 Å². The minimum absolute atomic E-state index is 0.0341. The molecule has 2 fully saturated rings. The van der Waals surface area contributed by atoms with E-state index < -0.39 is 15.9 Å². The predicted octanol–water partition coefficient (Wildman–Crippen LogP) is 2.53. The molecule has 0 saturated heterocycles. The molecule has 2 heterocycles. The monoisotopic (exact) mass is 384 g/mol. The Bertz CT molecular complexity index is 948. The van der Waals surface area contributed by atoms with E-state index in [1.807, 2.05) is 13.8 Å². The van der Waals surface area contributed by atoms with E-state index in [1.165, 1.54) is 12.3 Å². The molecule has 2 aliphatic carbocycles. The van der Waals surface area contributed by atoms with Crippen LogP contribution in [0.5, 0.6) is 0 Å². The highest BCUT2D eigenvalue weighted by Gasteiger charge is 2.63. The highest BCUT2D eigenvalue weighted by molar-refractivity contribution is 7.89. The van der Waals surface area contributed by atoms with E-state index in [4.69, 9.17) is 9.66 Å². The van der Waals surface area contributed by atoms with Gasteiger partial charge in [-0.15, -0.1) is 0 Å². The van der Waals surface area contributed by atoms with Gasteiger partial charge in [-0.05, 0) is 17.5 Å². The molecule has 26 heavy (non-hydrogen) atoms. The maximum atomic E-state index is 13.0. The quantitative estimate of drug-likeness (QED) is 0.867. The van der Waals surface area contributed by atoms with Crippen molar-refractivity contribution in [1.82, 2.24) is 15.1 Å². The molecule has 2 aliphatic rings. The largest absolute Gasteiger partial charge is 0.339 e. The van der Waals surface area contributed by atoms with Gasteiger partial charge in [0, 0.05) is 36.6 Å². The van der Waals surface area contributed by atoms with Crippen molar-refractivity contribution in [3.8, 4) is 0 Å². The van der Waals surface area contributed by atoms with Gasteiger partial charge in [-0.2, -0.15) is 4.98 Å². The standard InChI is InChI=1S/C16H18F2N4O3S/c1-15(2)11(10-4-3-9(7-20-10)26(19,23)24)12(15)14-21-13(22-25-14)8-5-16(17,18)6-8/h3-4,7-8,11-12H,5-6H2,1-2H3,(H2,19,23,24). The van der Waals surface area contributed by atoms with E-state index in [9.17, 15) is 17.2 Å². The van der Waals surface area contributed by atoms with Crippen molar-refractivity contribution in [1.29, 1.82) is 0 Å². The van der Waals surface area contributed by atoms with Gasteiger partial charge in [0.05, 0.1) is 5.92 Å². The van der Waals surface area contributed by atoms with Gasteiger partial charge >= 0.3 is 0 Å². The Morgan fingerprint density at radius 2 is 1.92 bits per heavy atom. The van der Waals surface area contributed by atoms with E-state index in [0.29, 0.717) is 17.4 Å². The van der Waals surface area contributed by atoms with E-state index in [2.05, 4.69) is 15.1 Å². The number of halogens is 2. The van der Waals surface area contributed by atoms with Crippen LogP contribution < -0.4 is 5.14 Å². The zero-order valence-corrected chi connectivity index (χ0v) is 15.0. The van der Waals surface area contributed by atoms with Crippen molar-refractivity contribution in [3.05, 3.63) is 35.7 Å². The Labute approximate surface area is 149 Å². The first-order chi connectivity index (χ1) is 12.0. The highest BCUT2D eigenvalue weighted by Crippen LogP contribution is 2.69. The first-order valence-corrected chi connectivity index (χ1v) is 9.74. The van der Waals surface area contributed by atoms with Crippen LogP contribution in [0.1, 0.15) is 61.9 Å². The van der Waals surface area contributed by atoms with Crippen molar-refractivity contribution in [2.75, 3.05) is 0 Å². The molecule has 0 amide bonds. The Morgan fingerprint density at radius 3 is 2.46 bits per heavy atom. The van der Waals surface area contributed by atoms with Gasteiger partial charge in [-0.25, -0.2) is 22.3 Å². The number of nitrogens with zero attached hydrogens (tertiary/aromatic N) is 3. The number of primary sulfonamides is 1. The second kappa shape index (κ2) is 5.29. The fraction of sp³-hybridized carbons (Fsp3) is 0.562. The summed E-state index contributed by atoms with van der Waals surface area (Å²) in [6, 6.07) is 3.04. The van der Waals surface area contributed by atoms with Crippen molar-refractivity contribution >= 4 is 10.0 Å².